The Morgan fingerprint density at radius 3 is 2.64 bits per heavy atom. The molecule has 1 aliphatic heterocycles. The van der Waals surface area contributed by atoms with Gasteiger partial charge in [-0.1, -0.05) is 19.3 Å². The molecular formula is C11H20N2O. The summed E-state index contributed by atoms with van der Waals surface area (Å²) in [5, 5.41) is 3.61. The van der Waals surface area contributed by atoms with Gasteiger partial charge in [0.1, 0.15) is 0 Å². The Morgan fingerprint density at radius 1 is 1.29 bits per heavy atom. The van der Waals surface area contributed by atoms with Crippen LogP contribution in [0.3, 0.4) is 0 Å². The molecule has 3 N–H and O–H groups in total. The molecule has 1 spiro atoms. The number of carbonyl (C=O) groups is 1. The molecule has 2 aliphatic rings. The molecule has 1 unspecified atom stereocenters. The third kappa shape index (κ3) is 1.92. The van der Waals surface area contributed by atoms with Gasteiger partial charge >= 0.3 is 0 Å². The fraction of sp³-hybridized carbons (Fsp3) is 0.909. The zero-order valence-corrected chi connectivity index (χ0v) is 8.72. The number of nitrogens with one attached hydrogen (secondary N) is 1. The molecule has 1 atom stereocenters. The van der Waals surface area contributed by atoms with Crippen LogP contribution >= 0.6 is 0 Å². The lowest BCUT2D eigenvalue weighted by atomic mass is 9.72. The van der Waals surface area contributed by atoms with Gasteiger partial charge in [-0.3, -0.25) is 4.79 Å². The first-order chi connectivity index (χ1) is 6.72. The maximum Gasteiger partial charge on any atom is 0.220 e. The van der Waals surface area contributed by atoms with Crippen molar-refractivity contribution in [2.75, 3.05) is 6.54 Å². The van der Waals surface area contributed by atoms with Crippen molar-refractivity contribution in [3.63, 3.8) is 0 Å². The van der Waals surface area contributed by atoms with Crippen molar-refractivity contribution in [3.05, 3.63) is 0 Å². The van der Waals surface area contributed by atoms with Crippen LogP contribution in [0.5, 0.6) is 0 Å². The van der Waals surface area contributed by atoms with Gasteiger partial charge in [-0.25, -0.2) is 0 Å². The highest BCUT2D eigenvalue weighted by Crippen LogP contribution is 2.36. The summed E-state index contributed by atoms with van der Waals surface area (Å²) in [7, 11) is 0. The van der Waals surface area contributed by atoms with Crippen LogP contribution in [0, 0.1) is 5.92 Å². The average molecular weight is 196 g/mol. The molecular weight excluding hydrogens is 176 g/mol. The number of primary amides is 1. The lowest BCUT2D eigenvalue weighted by Crippen LogP contribution is -2.54. The molecule has 1 amide bonds. The number of carbonyl (C=O) groups excluding carboxylic acids is 1. The van der Waals surface area contributed by atoms with Crippen molar-refractivity contribution in [1.29, 1.82) is 0 Å². The van der Waals surface area contributed by atoms with Crippen LogP contribution in [0.15, 0.2) is 0 Å². The summed E-state index contributed by atoms with van der Waals surface area (Å²) >= 11 is 0. The van der Waals surface area contributed by atoms with E-state index in [1.165, 1.54) is 32.1 Å². The van der Waals surface area contributed by atoms with Gasteiger partial charge in [-0.05, 0) is 32.2 Å². The Labute approximate surface area is 85.4 Å². The van der Waals surface area contributed by atoms with E-state index in [-0.39, 0.29) is 17.4 Å². The van der Waals surface area contributed by atoms with Crippen molar-refractivity contribution >= 4 is 5.91 Å². The van der Waals surface area contributed by atoms with Crippen LogP contribution in [-0.4, -0.2) is 18.0 Å². The molecule has 3 heteroatoms. The average Bonchev–Trinajstić information content (AvgIpc) is 2.19. The van der Waals surface area contributed by atoms with E-state index in [2.05, 4.69) is 5.32 Å². The third-order valence-electron chi connectivity index (χ3n) is 3.84. The number of hydrogen-bond donors (Lipinski definition) is 2. The molecule has 1 heterocycles. The zero-order valence-electron chi connectivity index (χ0n) is 8.72. The maximum absolute atomic E-state index is 11.2. The number of piperidine rings is 1. The van der Waals surface area contributed by atoms with Crippen LogP contribution in [-0.2, 0) is 4.79 Å². The Bertz CT molecular complexity index is 216. The Balaban J connectivity index is 2.01. The molecule has 0 aromatic rings. The summed E-state index contributed by atoms with van der Waals surface area (Å²) in [6.07, 6.45) is 8.33. The lowest BCUT2D eigenvalue weighted by molar-refractivity contribution is -0.123. The van der Waals surface area contributed by atoms with E-state index in [0.29, 0.717) is 0 Å². The summed E-state index contributed by atoms with van der Waals surface area (Å²) in [6, 6.07) is 0. The molecule has 3 nitrogen and oxygen atoms in total. The molecule has 0 radical (unpaired) electrons. The SMILES string of the molecule is NC(=O)C1CCNC2(CCCCC2)C1. The van der Waals surface area contributed by atoms with Gasteiger partial charge in [-0.15, -0.1) is 0 Å². The van der Waals surface area contributed by atoms with Crippen molar-refractivity contribution in [2.45, 2.75) is 50.5 Å². The number of nitrogens with two attached hydrogens (primary N) is 1. The van der Waals surface area contributed by atoms with Crippen LogP contribution in [0.4, 0.5) is 0 Å². The normalized spacial score (nSPS) is 31.6. The molecule has 2 fully saturated rings. The Morgan fingerprint density at radius 2 is 2.00 bits per heavy atom. The molecule has 2 rings (SSSR count). The van der Waals surface area contributed by atoms with Crippen LogP contribution < -0.4 is 11.1 Å². The summed E-state index contributed by atoms with van der Waals surface area (Å²) < 4.78 is 0. The van der Waals surface area contributed by atoms with Gasteiger partial charge in [0, 0.05) is 11.5 Å². The first-order valence-electron chi connectivity index (χ1n) is 5.76. The number of rotatable bonds is 1. The highest BCUT2D eigenvalue weighted by molar-refractivity contribution is 5.76. The van der Waals surface area contributed by atoms with Gasteiger partial charge in [0.15, 0.2) is 0 Å². The largest absolute Gasteiger partial charge is 0.369 e. The van der Waals surface area contributed by atoms with Crippen molar-refractivity contribution in [1.82, 2.24) is 5.32 Å². The molecule has 1 saturated carbocycles. The highest BCUT2D eigenvalue weighted by atomic mass is 16.1. The third-order valence-corrected chi connectivity index (χ3v) is 3.84. The summed E-state index contributed by atoms with van der Waals surface area (Å²) in [5.41, 5.74) is 5.65. The molecule has 0 aromatic heterocycles. The summed E-state index contributed by atoms with van der Waals surface area (Å²) in [5.74, 6) is 0.0193. The summed E-state index contributed by atoms with van der Waals surface area (Å²) in [6.45, 7) is 0.966. The fourth-order valence-corrected chi connectivity index (χ4v) is 3.01. The van der Waals surface area contributed by atoms with Crippen LogP contribution in [0.25, 0.3) is 0 Å². The minimum atomic E-state index is -0.101. The van der Waals surface area contributed by atoms with E-state index < -0.39 is 0 Å². The summed E-state index contributed by atoms with van der Waals surface area (Å²) in [4.78, 5) is 11.2. The predicted molar refractivity (Wildman–Crippen MR) is 55.7 cm³/mol. The second-order valence-corrected chi connectivity index (χ2v) is 4.86. The number of hydrogen-bond acceptors (Lipinski definition) is 2. The second-order valence-electron chi connectivity index (χ2n) is 4.86. The second kappa shape index (κ2) is 3.89. The molecule has 80 valence electrons. The minimum Gasteiger partial charge on any atom is -0.369 e. The van der Waals surface area contributed by atoms with E-state index in [0.717, 1.165) is 19.4 Å². The maximum atomic E-state index is 11.2. The standard InChI is InChI=1S/C11H20N2O/c12-10(14)9-4-7-13-11(8-9)5-2-1-3-6-11/h9,13H,1-8H2,(H2,12,14). The quantitative estimate of drug-likeness (QED) is 0.661. The molecule has 0 bridgehead atoms. The van der Waals surface area contributed by atoms with Gasteiger partial charge in [-0.2, -0.15) is 0 Å². The van der Waals surface area contributed by atoms with E-state index in [1.54, 1.807) is 0 Å². The Hall–Kier alpha value is -0.570. The predicted octanol–water partition coefficient (Wildman–Crippen LogP) is 1.17. The smallest absolute Gasteiger partial charge is 0.220 e. The van der Waals surface area contributed by atoms with E-state index in [9.17, 15) is 4.79 Å². The first-order valence-corrected chi connectivity index (χ1v) is 5.76. The van der Waals surface area contributed by atoms with Crippen molar-refractivity contribution in [2.24, 2.45) is 11.7 Å². The van der Waals surface area contributed by atoms with Gasteiger partial charge in [0.05, 0.1) is 0 Å². The van der Waals surface area contributed by atoms with Gasteiger partial charge in [0.2, 0.25) is 5.91 Å². The Kier molecular flexibility index (Phi) is 2.77. The molecule has 1 saturated heterocycles. The van der Waals surface area contributed by atoms with Crippen LogP contribution in [0.2, 0.25) is 0 Å². The monoisotopic (exact) mass is 196 g/mol. The molecule has 0 aromatic carbocycles. The lowest BCUT2D eigenvalue weighted by Gasteiger charge is -2.43. The minimum absolute atomic E-state index is 0.101. The van der Waals surface area contributed by atoms with E-state index in [1.807, 2.05) is 0 Å². The van der Waals surface area contributed by atoms with Crippen molar-refractivity contribution < 1.29 is 4.79 Å². The van der Waals surface area contributed by atoms with E-state index >= 15 is 0 Å². The number of amides is 1. The highest BCUT2D eigenvalue weighted by Gasteiger charge is 2.38. The first kappa shape index (κ1) is 9.97. The van der Waals surface area contributed by atoms with Crippen molar-refractivity contribution in [3.8, 4) is 0 Å². The fourth-order valence-electron chi connectivity index (χ4n) is 3.01. The zero-order chi connectivity index (χ0) is 10.0. The van der Waals surface area contributed by atoms with E-state index in [4.69, 9.17) is 5.73 Å². The van der Waals surface area contributed by atoms with Gasteiger partial charge < -0.3 is 11.1 Å². The molecule has 14 heavy (non-hydrogen) atoms. The van der Waals surface area contributed by atoms with Gasteiger partial charge in [0.25, 0.3) is 0 Å². The van der Waals surface area contributed by atoms with Crippen LogP contribution in [0.1, 0.15) is 44.9 Å². The molecule has 1 aliphatic carbocycles. The topological polar surface area (TPSA) is 55.1 Å².